The standard InChI is InChI=1S/C10H13ClFNS/c11-9-3-2-8(10(12)6-9)7-14-5-1-4-13/h2-3,6H,1,4-5,7,13H2. The fourth-order valence-corrected chi connectivity index (χ4v) is 2.13. The predicted molar refractivity (Wildman–Crippen MR) is 61.2 cm³/mol. The molecule has 1 rings (SSSR count). The predicted octanol–water partition coefficient (Wildman–Crippen LogP) is 3.06. The van der Waals surface area contributed by atoms with Gasteiger partial charge in [0, 0.05) is 10.8 Å². The molecule has 0 saturated heterocycles. The van der Waals surface area contributed by atoms with Gasteiger partial charge in [-0.25, -0.2) is 4.39 Å². The number of halogens is 2. The van der Waals surface area contributed by atoms with Crippen molar-refractivity contribution in [1.82, 2.24) is 0 Å². The lowest BCUT2D eigenvalue weighted by atomic mass is 10.2. The van der Waals surface area contributed by atoms with Crippen LogP contribution in [-0.4, -0.2) is 12.3 Å². The fraction of sp³-hybridized carbons (Fsp3) is 0.400. The van der Waals surface area contributed by atoms with Gasteiger partial charge in [0.2, 0.25) is 0 Å². The van der Waals surface area contributed by atoms with E-state index < -0.39 is 0 Å². The van der Waals surface area contributed by atoms with Crippen LogP contribution in [0.15, 0.2) is 18.2 Å². The molecule has 0 aliphatic rings. The van der Waals surface area contributed by atoms with Gasteiger partial charge in [-0.2, -0.15) is 11.8 Å². The number of benzene rings is 1. The molecular weight excluding hydrogens is 221 g/mol. The average Bonchev–Trinajstić information content (AvgIpc) is 2.15. The van der Waals surface area contributed by atoms with Crippen molar-refractivity contribution in [2.24, 2.45) is 5.73 Å². The number of hydrogen-bond acceptors (Lipinski definition) is 2. The molecule has 2 N–H and O–H groups in total. The lowest BCUT2D eigenvalue weighted by Gasteiger charge is -2.03. The molecule has 0 aliphatic carbocycles. The summed E-state index contributed by atoms with van der Waals surface area (Å²) in [6.07, 6.45) is 0.972. The molecule has 0 atom stereocenters. The van der Waals surface area contributed by atoms with E-state index in [1.807, 2.05) is 0 Å². The van der Waals surface area contributed by atoms with Crippen LogP contribution < -0.4 is 5.73 Å². The van der Waals surface area contributed by atoms with Gasteiger partial charge in [0.25, 0.3) is 0 Å². The quantitative estimate of drug-likeness (QED) is 0.792. The van der Waals surface area contributed by atoms with Gasteiger partial charge in [0.1, 0.15) is 5.82 Å². The Hall–Kier alpha value is -0.250. The molecule has 1 nitrogen and oxygen atoms in total. The minimum Gasteiger partial charge on any atom is -0.330 e. The highest BCUT2D eigenvalue weighted by atomic mass is 35.5. The second-order valence-corrected chi connectivity index (χ2v) is 4.47. The molecule has 0 radical (unpaired) electrons. The summed E-state index contributed by atoms with van der Waals surface area (Å²) in [4.78, 5) is 0. The number of hydrogen-bond donors (Lipinski definition) is 1. The van der Waals surface area contributed by atoms with E-state index in [2.05, 4.69) is 0 Å². The van der Waals surface area contributed by atoms with E-state index in [-0.39, 0.29) is 5.82 Å². The summed E-state index contributed by atoms with van der Waals surface area (Å²) in [6, 6.07) is 4.79. The molecule has 0 aliphatic heterocycles. The second kappa shape index (κ2) is 6.27. The van der Waals surface area contributed by atoms with Gasteiger partial charge >= 0.3 is 0 Å². The molecule has 14 heavy (non-hydrogen) atoms. The van der Waals surface area contributed by atoms with E-state index >= 15 is 0 Å². The zero-order chi connectivity index (χ0) is 10.4. The monoisotopic (exact) mass is 233 g/mol. The Morgan fingerprint density at radius 3 is 2.86 bits per heavy atom. The first kappa shape index (κ1) is 11.8. The van der Waals surface area contributed by atoms with E-state index in [9.17, 15) is 4.39 Å². The Bertz CT molecular complexity index is 293. The topological polar surface area (TPSA) is 26.0 Å². The van der Waals surface area contributed by atoms with Crippen molar-refractivity contribution in [3.8, 4) is 0 Å². The fourth-order valence-electron chi connectivity index (χ4n) is 1.01. The average molecular weight is 234 g/mol. The van der Waals surface area contributed by atoms with Crippen molar-refractivity contribution in [3.05, 3.63) is 34.6 Å². The van der Waals surface area contributed by atoms with E-state index in [4.69, 9.17) is 17.3 Å². The summed E-state index contributed by atoms with van der Waals surface area (Å²) >= 11 is 7.33. The van der Waals surface area contributed by atoms with E-state index in [0.717, 1.165) is 12.2 Å². The van der Waals surface area contributed by atoms with Crippen LogP contribution in [0, 0.1) is 5.82 Å². The summed E-state index contributed by atoms with van der Waals surface area (Å²) in [5, 5.41) is 0.443. The van der Waals surface area contributed by atoms with Crippen molar-refractivity contribution in [2.75, 3.05) is 12.3 Å². The van der Waals surface area contributed by atoms with Crippen LogP contribution in [0.1, 0.15) is 12.0 Å². The highest BCUT2D eigenvalue weighted by molar-refractivity contribution is 7.98. The minimum atomic E-state index is -0.224. The molecule has 0 saturated carbocycles. The van der Waals surface area contributed by atoms with Crippen molar-refractivity contribution in [1.29, 1.82) is 0 Å². The Labute approximate surface area is 92.8 Å². The van der Waals surface area contributed by atoms with Crippen LogP contribution in [-0.2, 0) is 5.75 Å². The molecular formula is C10H13ClFNS. The van der Waals surface area contributed by atoms with Crippen molar-refractivity contribution in [3.63, 3.8) is 0 Å². The maximum atomic E-state index is 13.2. The van der Waals surface area contributed by atoms with Crippen LogP contribution in [0.4, 0.5) is 4.39 Å². The molecule has 0 unspecified atom stereocenters. The first-order valence-electron chi connectivity index (χ1n) is 4.46. The van der Waals surface area contributed by atoms with E-state index in [1.54, 1.807) is 23.9 Å². The molecule has 0 amide bonds. The molecule has 0 heterocycles. The smallest absolute Gasteiger partial charge is 0.128 e. The van der Waals surface area contributed by atoms with Gasteiger partial charge in [0.15, 0.2) is 0 Å². The van der Waals surface area contributed by atoms with E-state index in [0.29, 0.717) is 22.9 Å². The van der Waals surface area contributed by atoms with Crippen LogP contribution in [0.2, 0.25) is 5.02 Å². The lowest BCUT2D eigenvalue weighted by molar-refractivity contribution is 0.617. The maximum Gasteiger partial charge on any atom is 0.128 e. The Kier molecular flexibility index (Phi) is 5.30. The third-order valence-corrected chi connectivity index (χ3v) is 3.09. The Balaban J connectivity index is 2.42. The summed E-state index contributed by atoms with van der Waals surface area (Å²) in [5.74, 6) is 1.43. The van der Waals surface area contributed by atoms with Crippen molar-refractivity contribution in [2.45, 2.75) is 12.2 Å². The van der Waals surface area contributed by atoms with Gasteiger partial charge < -0.3 is 5.73 Å². The van der Waals surface area contributed by atoms with Gasteiger partial charge in [-0.3, -0.25) is 0 Å². The highest BCUT2D eigenvalue weighted by Crippen LogP contribution is 2.19. The maximum absolute atomic E-state index is 13.2. The molecule has 0 aromatic heterocycles. The van der Waals surface area contributed by atoms with E-state index in [1.165, 1.54) is 6.07 Å². The van der Waals surface area contributed by atoms with Gasteiger partial charge in [0.05, 0.1) is 0 Å². The third kappa shape index (κ3) is 3.86. The van der Waals surface area contributed by atoms with Crippen LogP contribution >= 0.6 is 23.4 Å². The Morgan fingerprint density at radius 2 is 2.21 bits per heavy atom. The molecule has 1 aromatic carbocycles. The van der Waals surface area contributed by atoms with Crippen molar-refractivity contribution < 1.29 is 4.39 Å². The number of nitrogens with two attached hydrogens (primary N) is 1. The lowest BCUT2D eigenvalue weighted by Crippen LogP contribution is -1.99. The third-order valence-electron chi connectivity index (χ3n) is 1.77. The number of rotatable bonds is 5. The minimum absolute atomic E-state index is 0.224. The Morgan fingerprint density at radius 1 is 1.43 bits per heavy atom. The summed E-state index contributed by atoms with van der Waals surface area (Å²) in [6.45, 7) is 0.691. The molecule has 0 fully saturated rings. The van der Waals surface area contributed by atoms with Crippen LogP contribution in [0.3, 0.4) is 0 Å². The molecule has 0 spiro atoms. The highest BCUT2D eigenvalue weighted by Gasteiger charge is 2.02. The van der Waals surface area contributed by atoms with Crippen LogP contribution in [0.25, 0.3) is 0 Å². The zero-order valence-electron chi connectivity index (χ0n) is 7.80. The van der Waals surface area contributed by atoms with Gasteiger partial charge in [-0.05, 0) is 36.4 Å². The first-order chi connectivity index (χ1) is 6.74. The second-order valence-electron chi connectivity index (χ2n) is 2.93. The van der Waals surface area contributed by atoms with Crippen LogP contribution in [0.5, 0.6) is 0 Å². The number of thioether (sulfide) groups is 1. The summed E-state index contributed by atoms with van der Waals surface area (Å²) < 4.78 is 13.2. The first-order valence-corrected chi connectivity index (χ1v) is 5.99. The summed E-state index contributed by atoms with van der Waals surface area (Å²) in [5.41, 5.74) is 6.06. The SMILES string of the molecule is NCCCSCc1ccc(Cl)cc1F. The van der Waals surface area contributed by atoms with Crippen molar-refractivity contribution >= 4 is 23.4 Å². The molecule has 78 valence electrons. The summed E-state index contributed by atoms with van der Waals surface area (Å²) in [7, 11) is 0. The van der Waals surface area contributed by atoms with Gasteiger partial charge in [-0.15, -0.1) is 0 Å². The zero-order valence-corrected chi connectivity index (χ0v) is 9.37. The molecule has 4 heteroatoms. The molecule has 1 aromatic rings. The molecule has 0 bridgehead atoms. The normalized spacial score (nSPS) is 10.5. The largest absolute Gasteiger partial charge is 0.330 e. The van der Waals surface area contributed by atoms with Gasteiger partial charge in [-0.1, -0.05) is 17.7 Å².